The Balaban J connectivity index is 1.66. The molecule has 4 rings (SSSR count). The molecule has 1 atom stereocenters. The summed E-state index contributed by atoms with van der Waals surface area (Å²) in [6, 6.07) is 10.8. The number of nitrogens with zero attached hydrogens (tertiary/aromatic N) is 2. The number of aromatic nitrogens is 2. The maximum absolute atomic E-state index is 4.79. The molecule has 3 aromatic rings. The zero-order chi connectivity index (χ0) is 14.2. The highest BCUT2D eigenvalue weighted by Gasteiger charge is 2.23. The van der Waals surface area contributed by atoms with Gasteiger partial charge in [0.05, 0.1) is 21.2 Å². The summed E-state index contributed by atoms with van der Waals surface area (Å²) in [5.74, 6) is 0. The summed E-state index contributed by atoms with van der Waals surface area (Å²) in [7, 11) is 0. The molecular formula is C17H16N2S2. The average Bonchev–Trinajstić information content (AvgIpc) is 2.89. The number of thiazole rings is 1. The third-order valence-electron chi connectivity index (χ3n) is 3.91. The van der Waals surface area contributed by atoms with Crippen molar-refractivity contribution in [3.63, 3.8) is 0 Å². The van der Waals surface area contributed by atoms with E-state index in [4.69, 9.17) is 4.98 Å². The van der Waals surface area contributed by atoms with E-state index in [9.17, 15) is 0 Å². The molecule has 1 unspecified atom stereocenters. The molecule has 0 bridgehead atoms. The zero-order valence-corrected chi connectivity index (χ0v) is 13.5. The van der Waals surface area contributed by atoms with Crippen LogP contribution >= 0.6 is 23.1 Å². The lowest BCUT2D eigenvalue weighted by atomic mass is 9.96. The number of hydrogen-bond donors (Lipinski definition) is 0. The monoisotopic (exact) mass is 312 g/mol. The van der Waals surface area contributed by atoms with E-state index in [0.717, 1.165) is 5.52 Å². The first-order valence-electron chi connectivity index (χ1n) is 7.27. The molecule has 0 aliphatic heterocycles. The van der Waals surface area contributed by atoms with Crippen molar-refractivity contribution in [1.29, 1.82) is 0 Å². The summed E-state index contributed by atoms with van der Waals surface area (Å²) in [5, 5.41) is 0.455. The Labute approximate surface area is 132 Å². The molecule has 1 aromatic carbocycles. The molecule has 21 heavy (non-hydrogen) atoms. The number of rotatable bonds is 2. The zero-order valence-electron chi connectivity index (χ0n) is 11.9. The minimum absolute atomic E-state index is 0.455. The molecule has 0 amide bonds. The highest BCUT2D eigenvalue weighted by molar-refractivity contribution is 8.01. The predicted octanol–water partition coefficient (Wildman–Crippen LogP) is 5.17. The summed E-state index contributed by atoms with van der Waals surface area (Å²) >= 11 is 3.68. The standard InChI is InChI=1S/C17H16N2S2/c1-11-7-8-14-13(10-11)19-17(20-14)21-15-6-2-4-12-5-3-9-18-16(12)15/h3,5,7-10,15H,2,4,6H2,1H3. The topological polar surface area (TPSA) is 25.8 Å². The van der Waals surface area contributed by atoms with Crippen LogP contribution in [0, 0.1) is 6.92 Å². The Morgan fingerprint density at radius 1 is 1.29 bits per heavy atom. The van der Waals surface area contributed by atoms with E-state index in [0.29, 0.717) is 5.25 Å². The summed E-state index contributed by atoms with van der Waals surface area (Å²) in [6.45, 7) is 2.12. The van der Waals surface area contributed by atoms with E-state index in [1.165, 1.54) is 45.1 Å². The number of fused-ring (bicyclic) bond motifs is 2. The van der Waals surface area contributed by atoms with Gasteiger partial charge in [0, 0.05) is 6.20 Å². The smallest absolute Gasteiger partial charge is 0.151 e. The van der Waals surface area contributed by atoms with Gasteiger partial charge in [-0.25, -0.2) is 4.98 Å². The number of thioether (sulfide) groups is 1. The van der Waals surface area contributed by atoms with Crippen molar-refractivity contribution < 1.29 is 0 Å². The largest absolute Gasteiger partial charge is 0.260 e. The highest BCUT2D eigenvalue weighted by atomic mass is 32.2. The van der Waals surface area contributed by atoms with Crippen LogP contribution < -0.4 is 0 Å². The lowest BCUT2D eigenvalue weighted by Gasteiger charge is -2.22. The van der Waals surface area contributed by atoms with Gasteiger partial charge < -0.3 is 0 Å². The van der Waals surface area contributed by atoms with Gasteiger partial charge in [-0.05, 0) is 55.5 Å². The van der Waals surface area contributed by atoms with Crippen molar-refractivity contribution in [2.75, 3.05) is 0 Å². The average molecular weight is 312 g/mol. The van der Waals surface area contributed by atoms with Gasteiger partial charge in [-0.2, -0.15) is 0 Å². The van der Waals surface area contributed by atoms with Gasteiger partial charge in [0.25, 0.3) is 0 Å². The Bertz CT molecular complexity index is 794. The molecule has 106 valence electrons. The van der Waals surface area contributed by atoms with Crippen LogP contribution in [0.5, 0.6) is 0 Å². The molecule has 0 saturated heterocycles. The fraction of sp³-hybridized carbons (Fsp3) is 0.294. The van der Waals surface area contributed by atoms with E-state index < -0.39 is 0 Å². The molecule has 0 radical (unpaired) electrons. The molecule has 0 N–H and O–H groups in total. The number of benzene rings is 1. The fourth-order valence-electron chi connectivity index (χ4n) is 2.87. The van der Waals surface area contributed by atoms with Crippen LogP contribution in [-0.4, -0.2) is 9.97 Å². The molecule has 2 nitrogen and oxygen atoms in total. The van der Waals surface area contributed by atoms with Crippen molar-refractivity contribution in [2.45, 2.75) is 35.8 Å². The second-order valence-electron chi connectivity index (χ2n) is 5.50. The molecular weight excluding hydrogens is 296 g/mol. The Hall–Kier alpha value is -1.39. The van der Waals surface area contributed by atoms with Crippen LogP contribution in [0.2, 0.25) is 0 Å². The van der Waals surface area contributed by atoms with Gasteiger partial charge in [-0.1, -0.05) is 23.9 Å². The summed E-state index contributed by atoms with van der Waals surface area (Å²) < 4.78 is 2.44. The van der Waals surface area contributed by atoms with Crippen molar-refractivity contribution in [2.24, 2.45) is 0 Å². The van der Waals surface area contributed by atoms with Gasteiger partial charge >= 0.3 is 0 Å². The molecule has 1 aliphatic rings. The quantitative estimate of drug-likeness (QED) is 0.653. The molecule has 0 saturated carbocycles. The minimum Gasteiger partial charge on any atom is -0.260 e. The van der Waals surface area contributed by atoms with Crippen LogP contribution in [0.4, 0.5) is 0 Å². The Kier molecular flexibility index (Phi) is 3.43. The summed E-state index contributed by atoms with van der Waals surface area (Å²) in [6.07, 6.45) is 5.53. The van der Waals surface area contributed by atoms with Crippen LogP contribution in [0.15, 0.2) is 40.9 Å². The molecule has 4 heteroatoms. The van der Waals surface area contributed by atoms with Crippen molar-refractivity contribution in [3.05, 3.63) is 53.3 Å². The second-order valence-corrected chi connectivity index (χ2v) is 7.98. The van der Waals surface area contributed by atoms with E-state index in [1.54, 1.807) is 11.3 Å². The van der Waals surface area contributed by atoms with Gasteiger partial charge in [-0.15, -0.1) is 11.3 Å². The number of hydrogen-bond acceptors (Lipinski definition) is 4. The molecule has 1 aliphatic carbocycles. The van der Waals surface area contributed by atoms with Crippen LogP contribution in [0.3, 0.4) is 0 Å². The lowest BCUT2D eigenvalue weighted by molar-refractivity contribution is 0.656. The molecule has 2 heterocycles. The third kappa shape index (κ3) is 2.58. The van der Waals surface area contributed by atoms with Crippen LogP contribution in [0.25, 0.3) is 10.2 Å². The van der Waals surface area contributed by atoms with Gasteiger partial charge in [0.15, 0.2) is 4.34 Å². The maximum atomic E-state index is 4.79. The van der Waals surface area contributed by atoms with Crippen LogP contribution in [0.1, 0.15) is 34.9 Å². The minimum atomic E-state index is 0.455. The molecule has 0 fully saturated rings. The van der Waals surface area contributed by atoms with Crippen molar-refractivity contribution in [3.8, 4) is 0 Å². The fourth-order valence-corrected chi connectivity index (χ4v) is 5.36. The first kappa shape index (κ1) is 13.3. The van der Waals surface area contributed by atoms with Crippen molar-refractivity contribution in [1.82, 2.24) is 9.97 Å². The Morgan fingerprint density at radius 2 is 2.24 bits per heavy atom. The van der Waals surface area contributed by atoms with Crippen LogP contribution in [-0.2, 0) is 6.42 Å². The normalized spacial score (nSPS) is 17.9. The van der Waals surface area contributed by atoms with E-state index in [2.05, 4.69) is 36.2 Å². The number of pyridine rings is 1. The first-order valence-corrected chi connectivity index (χ1v) is 8.97. The van der Waals surface area contributed by atoms with E-state index in [-0.39, 0.29) is 0 Å². The SMILES string of the molecule is Cc1ccc2sc(SC3CCCc4cccnc43)nc2c1. The highest BCUT2D eigenvalue weighted by Crippen LogP contribution is 2.44. The lowest BCUT2D eigenvalue weighted by Crippen LogP contribution is -2.08. The molecule has 0 spiro atoms. The maximum Gasteiger partial charge on any atom is 0.151 e. The Morgan fingerprint density at radius 3 is 3.19 bits per heavy atom. The second kappa shape index (κ2) is 5.43. The molecule has 2 aromatic heterocycles. The first-order chi connectivity index (χ1) is 10.3. The van der Waals surface area contributed by atoms with Crippen molar-refractivity contribution >= 4 is 33.3 Å². The number of aryl methyl sites for hydroxylation is 2. The van der Waals surface area contributed by atoms with Gasteiger partial charge in [-0.3, -0.25) is 4.98 Å². The predicted molar refractivity (Wildman–Crippen MR) is 90.1 cm³/mol. The summed E-state index contributed by atoms with van der Waals surface area (Å²) in [5.41, 5.74) is 5.08. The van der Waals surface area contributed by atoms with Gasteiger partial charge in [0.1, 0.15) is 0 Å². The van der Waals surface area contributed by atoms with E-state index in [1.807, 2.05) is 24.0 Å². The summed E-state index contributed by atoms with van der Waals surface area (Å²) in [4.78, 5) is 9.42. The van der Waals surface area contributed by atoms with E-state index >= 15 is 0 Å². The van der Waals surface area contributed by atoms with Gasteiger partial charge in [0.2, 0.25) is 0 Å². The third-order valence-corrected chi connectivity index (χ3v) is 6.32.